The van der Waals surface area contributed by atoms with Crippen molar-refractivity contribution >= 4 is 5.97 Å². The van der Waals surface area contributed by atoms with Crippen LogP contribution in [0.3, 0.4) is 0 Å². The summed E-state index contributed by atoms with van der Waals surface area (Å²) in [5.41, 5.74) is -4.54. The minimum Gasteiger partial charge on any atom is -0.479 e. The number of hydrogen-bond donors (Lipinski definition) is 1. The van der Waals surface area contributed by atoms with Crippen molar-refractivity contribution < 1.29 is 41.0 Å². The SMILES string of the molecule is O=C(O)C1OC1(C(F)(F)F)C(F)(F)F. The monoisotopic (exact) mass is 224 g/mol. The number of ether oxygens (including phenoxy) is 1. The molecule has 0 aromatic carbocycles. The van der Waals surface area contributed by atoms with Gasteiger partial charge in [0.15, 0.2) is 0 Å². The van der Waals surface area contributed by atoms with Gasteiger partial charge in [-0.1, -0.05) is 0 Å². The lowest BCUT2D eigenvalue weighted by Crippen LogP contribution is -2.49. The lowest BCUT2D eigenvalue weighted by Gasteiger charge is -2.18. The van der Waals surface area contributed by atoms with E-state index in [9.17, 15) is 31.1 Å². The molecule has 1 N–H and O–H groups in total. The van der Waals surface area contributed by atoms with Crippen LogP contribution in [0.5, 0.6) is 0 Å². The molecule has 1 rings (SSSR count). The number of carbonyl (C=O) groups is 1. The maximum atomic E-state index is 11.9. The van der Waals surface area contributed by atoms with Crippen LogP contribution >= 0.6 is 0 Å². The van der Waals surface area contributed by atoms with Crippen LogP contribution in [0.15, 0.2) is 0 Å². The lowest BCUT2D eigenvalue weighted by atomic mass is 10.0. The second-order valence-corrected chi connectivity index (χ2v) is 2.57. The van der Waals surface area contributed by atoms with E-state index in [-0.39, 0.29) is 0 Å². The number of alkyl halides is 6. The first-order chi connectivity index (χ1) is 6.04. The normalized spacial score (nSPS) is 26.0. The molecule has 1 aliphatic heterocycles. The van der Waals surface area contributed by atoms with Gasteiger partial charge in [-0.2, -0.15) is 26.3 Å². The fourth-order valence-corrected chi connectivity index (χ4v) is 0.968. The van der Waals surface area contributed by atoms with Crippen molar-refractivity contribution in [2.45, 2.75) is 24.1 Å². The highest BCUT2D eigenvalue weighted by atomic mass is 19.4. The summed E-state index contributed by atoms with van der Waals surface area (Å²) >= 11 is 0. The molecule has 1 aliphatic rings. The molecule has 9 heteroatoms. The van der Waals surface area contributed by atoms with Crippen LogP contribution in [-0.2, 0) is 9.53 Å². The fourth-order valence-electron chi connectivity index (χ4n) is 0.968. The minimum absolute atomic E-state index is 2.29. The Morgan fingerprint density at radius 3 is 1.57 bits per heavy atom. The van der Waals surface area contributed by atoms with E-state index in [1.54, 1.807) is 0 Å². The van der Waals surface area contributed by atoms with Crippen LogP contribution in [0, 0.1) is 0 Å². The molecule has 0 aromatic rings. The van der Waals surface area contributed by atoms with E-state index in [1.165, 1.54) is 0 Å². The molecule has 1 atom stereocenters. The first-order valence-electron chi connectivity index (χ1n) is 3.08. The number of rotatable bonds is 1. The highest BCUT2D eigenvalue weighted by molar-refractivity contribution is 5.78. The first-order valence-corrected chi connectivity index (χ1v) is 3.08. The van der Waals surface area contributed by atoms with Gasteiger partial charge in [0, 0.05) is 0 Å². The van der Waals surface area contributed by atoms with Gasteiger partial charge in [0.25, 0.3) is 5.60 Å². The third-order valence-electron chi connectivity index (χ3n) is 1.68. The summed E-state index contributed by atoms with van der Waals surface area (Å²) in [6.07, 6.45) is -14.5. The number of halogens is 6. The predicted octanol–water partition coefficient (Wildman–Crippen LogP) is 1.33. The second kappa shape index (κ2) is 2.53. The maximum Gasteiger partial charge on any atom is 0.429 e. The van der Waals surface area contributed by atoms with E-state index < -0.39 is 30.0 Å². The molecule has 14 heavy (non-hydrogen) atoms. The van der Waals surface area contributed by atoms with Crippen molar-refractivity contribution in [2.75, 3.05) is 0 Å². The number of aliphatic carboxylic acids is 1. The van der Waals surface area contributed by atoms with Crippen molar-refractivity contribution in [3.05, 3.63) is 0 Å². The number of carboxylic acid groups (broad SMARTS) is 1. The Labute approximate surface area is 72.3 Å². The van der Waals surface area contributed by atoms with Gasteiger partial charge in [0.1, 0.15) is 0 Å². The summed E-state index contributed by atoms with van der Waals surface area (Å²) in [7, 11) is 0. The second-order valence-electron chi connectivity index (χ2n) is 2.57. The summed E-state index contributed by atoms with van der Waals surface area (Å²) in [5.74, 6) is -2.29. The van der Waals surface area contributed by atoms with Gasteiger partial charge >= 0.3 is 18.3 Å². The third-order valence-corrected chi connectivity index (χ3v) is 1.68. The Hall–Kier alpha value is -0.990. The van der Waals surface area contributed by atoms with Crippen LogP contribution in [0.2, 0.25) is 0 Å². The average Bonchev–Trinajstić information content (AvgIpc) is 2.54. The first kappa shape index (κ1) is 11.1. The standard InChI is InChI=1S/C5H2F6O3/c6-4(7,8)3(5(9,10)11)1(14-3)2(12)13/h1H,(H,12,13). The van der Waals surface area contributed by atoms with E-state index in [0.29, 0.717) is 0 Å². The average molecular weight is 224 g/mol. The van der Waals surface area contributed by atoms with Gasteiger partial charge < -0.3 is 9.84 Å². The Bertz CT molecular complexity index is 252. The van der Waals surface area contributed by atoms with E-state index in [4.69, 9.17) is 5.11 Å². The van der Waals surface area contributed by atoms with E-state index in [2.05, 4.69) is 4.74 Å². The molecule has 0 radical (unpaired) electrons. The van der Waals surface area contributed by atoms with Crippen molar-refractivity contribution in [3.63, 3.8) is 0 Å². The smallest absolute Gasteiger partial charge is 0.429 e. The van der Waals surface area contributed by atoms with Crippen molar-refractivity contribution in [2.24, 2.45) is 0 Å². The molecule has 3 nitrogen and oxygen atoms in total. The summed E-state index contributed by atoms with van der Waals surface area (Å²) in [5, 5.41) is 7.99. The summed E-state index contributed by atoms with van der Waals surface area (Å²) < 4.78 is 74.6. The Kier molecular flexibility index (Phi) is 2.00. The van der Waals surface area contributed by atoms with Crippen molar-refractivity contribution in [1.82, 2.24) is 0 Å². The third kappa shape index (κ3) is 1.22. The molecular formula is C5H2F6O3. The topological polar surface area (TPSA) is 49.8 Å². The highest BCUT2D eigenvalue weighted by Crippen LogP contribution is 2.58. The summed E-state index contributed by atoms with van der Waals surface area (Å²) in [4.78, 5) is 9.95. The quantitative estimate of drug-likeness (QED) is 0.540. The summed E-state index contributed by atoms with van der Waals surface area (Å²) in [6, 6.07) is 0. The van der Waals surface area contributed by atoms with E-state index in [0.717, 1.165) is 0 Å². The largest absolute Gasteiger partial charge is 0.479 e. The predicted molar refractivity (Wildman–Crippen MR) is 27.3 cm³/mol. The highest BCUT2D eigenvalue weighted by Gasteiger charge is 2.89. The molecule has 82 valence electrons. The van der Waals surface area contributed by atoms with Crippen molar-refractivity contribution in [1.29, 1.82) is 0 Å². The number of hydrogen-bond acceptors (Lipinski definition) is 2. The minimum atomic E-state index is -5.78. The molecular weight excluding hydrogens is 222 g/mol. The van der Waals surface area contributed by atoms with Gasteiger partial charge in [-0.05, 0) is 0 Å². The van der Waals surface area contributed by atoms with Crippen LogP contribution in [0.1, 0.15) is 0 Å². The van der Waals surface area contributed by atoms with Crippen molar-refractivity contribution in [3.8, 4) is 0 Å². The molecule has 0 spiro atoms. The van der Waals surface area contributed by atoms with Crippen LogP contribution in [0.4, 0.5) is 26.3 Å². The van der Waals surface area contributed by atoms with Crippen LogP contribution < -0.4 is 0 Å². The zero-order valence-corrected chi connectivity index (χ0v) is 6.11. The van der Waals surface area contributed by atoms with Gasteiger partial charge in [-0.25, -0.2) is 4.79 Å². The molecule has 0 aliphatic carbocycles. The van der Waals surface area contributed by atoms with Gasteiger partial charge in [0.2, 0.25) is 6.10 Å². The molecule has 1 saturated heterocycles. The van der Waals surface area contributed by atoms with E-state index in [1.807, 2.05) is 0 Å². The molecule has 0 saturated carbocycles. The molecule has 0 aromatic heterocycles. The van der Waals surface area contributed by atoms with E-state index >= 15 is 0 Å². The fraction of sp³-hybridized carbons (Fsp3) is 0.800. The lowest BCUT2D eigenvalue weighted by molar-refractivity contribution is -0.292. The maximum absolute atomic E-state index is 11.9. The number of epoxide rings is 1. The Morgan fingerprint density at radius 2 is 1.50 bits per heavy atom. The molecule has 1 fully saturated rings. The molecule has 1 heterocycles. The Balaban J connectivity index is 3.05. The summed E-state index contributed by atoms with van der Waals surface area (Å²) in [6.45, 7) is 0. The van der Waals surface area contributed by atoms with Crippen LogP contribution in [-0.4, -0.2) is 35.1 Å². The molecule has 0 amide bonds. The zero-order chi connectivity index (χ0) is 11.4. The van der Waals surface area contributed by atoms with Gasteiger partial charge in [-0.15, -0.1) is 0 Å². The Morgan fingerprint density at radius 1 is 1.14 bits per heavy atom. The zero-order valence-electron chi connectivity index (χ0n) is 6.11. The van der Waals surface area contributed by atoms with Crippen LogP contribution in [0.25, 0.3) is 0 Å². The molecule has 1 unspecified atom stereocenters. The van der Waals surface area contributed by atoms with Gasteiger partial charge in [0.05, 0.1) is 0 Å². The number of carboxylic acids is 1. The molecule has 0 bridgehead atoms. The van der Waals surface area contributed by atoms with Gasteiger partial charge in [-0.3, -0.25) is 0 Å².